The highest BCUT2D eigenvalue weighted by atomic mass is 16.6. The number of fused-ring (bicyclic) bond motifs is 1. The Hall–Kier alpha value is -4.97. The van der Waals surface area contributed by atoms with Gasteiger partial charge in [0.2, 0.25) is 0 Å². The van der Waals surface area contributed by atoms with Crippen LogP contribution in [0.2, 0.25) is 0 Å². The van der Waals surface area contributed by atoms with Crippen LogP contribution in [0, 0.1) is 11.3 Å². The lowest BCUT2D eigenvalue weighted by Crippen LogP contribution is -2.29. The van der Waals surface area contributed by atoms with E-state index in [1.807, 2.05) is 6.07 Å². The van der Waals surface area contributed by atoms with Crippen LogP contribution >= 0.6 is 0 Å². The molecule has 9 heteroatoms. The summed E-state index contributed by atoms with van der Waals surface area (Å²) in [5, 5.41) is 20.6. The molecule has 1 atom stereocenters. The number of hydrogen-bond acceptors (Lipinski definition) is 8. The van der Waals surface area contributed by atoms with Gasteiger partial charge in [0.1, 0.15) is 19.0 Å². The average molecular weight is 498 g/mol. The quantitative estimate of drug-likeness (QED) is 0.319. The van der Waals surface area contributed by atoms with Gasteiger partial charge >= 0.3 is 0 Å². The van der Waals surface area contributed by atoms with E-state index in [1.165, 1.54) is 19.1 Å². The predicted molar refractivity (Wildman–Crippen MR) is 133 cm³/mol. The fraction of sp³-hybridized carbons (Fsp3) is 0.179. The smallest absolute Gasteiger partial charge is 0.300 e. The molecule has 1 saturated heterocycles. The molecular weight excluding hydrogens is 476 g/mol. The van der Waals surface area contributed by atoms with E-state index in [-0.39, 0.29) is 16.9 Å². The van der Waals surface area contributed by atoms with Crippen molar-refractivity contribution in [1.82, 2.24) is 0 Å². The van der Waals surface area contributed by atoms with Crippen molar-refractivity contribution in [3.63, 3.8) is 0 Å². The zero-order chi connectivity index (χ0) is 26.1. The molecule has 2 heterocycles. The molecule has 0 aromatic heterocycles. The summed E-state index contributed by atoms with van der Waals surface area (Å²) in [5.41, 5.74) is 1.36. The predicted octanol–water partition coefficient (Wildman–Crippen LogP) is 3.97. The number of ether oxygens (including phenoxy) is 4. The first kappa shape index (κ1) is 23.8. The summed E-state index contributed by atoms with van der Waals surface area (Å²) < 4.78 is 22.3. The van der Waals surface area contributed by atoms with Gasteiger partial charge in [0.15, 0.2) is 23.0 Å². The van der Waals surface area contributed by atoms with Crippen molar-refractivity contribution in [2.24, 2.45) is 0 Å². The van der Waals surface area contributed by atoms with E-state index >= 15 is 0 Å². The van der Waals surface area contributed by atoms with Crippen molar-refractivity contribution in [2.45, 2.75) is 6.04 Å². The minimum absolute atomic E-state index is 0.127. The average Bonchev–Trinajstić information content (AvgIpc) is 3.21. The first-order valence-corrected chi connectivity index (χ1v) is 11.4. The summed E-state index contributed by atoms with van der Waals surface area (Å²) in [7, 11) is 2.93. The fourth-order valence-corrected chi connectivity index (χ4v) is 4.56. The summed E-state index contributed by atoms with van der Waals surface area (Å²) in [4.78, 5) is 28.2. The third kappa shape index (κ3) is 3.98. The highest BCUT2D eigenvalue weighted by molar-refractivity contribution is 6.51. The Bertz CT molecular complexity index is 1470. The molecule has 0 spiro atoms. The zero-order valence-electron chi connectivity index (χ0n) is 20.1. The zero-order valence-corrected chi connectivity index (χ0v) is 20.1. The number of ketones is 1. The summed E-state index contributed by atoms with van der Waals surface area (Å²) in [6.45, 7) is 0.755. The Labute approximate surface area is 212 Å². The highest BCUT2D eigenvalue weighted by Gasteiger charge is 2.48. The lowest BCUT2D eigenvalue weighted by molar-refractivity contribution is -0.132. The molecule has 9 nitrogen and oxygen atoms in total. The number of nitrogens with zero attached hydrogens (tertiary/aromatic N) is 2. The molecule has 1 fully saturated rings. The summed E-state index contributed by atoms with van der Waals surface area (Å²) >= 11 is 0. The van der Waals surface area contributed by atoms with Gasteiger partial charge in [-0.3, -0.25) is 14.5 Å². The molecule has 0 radical (unpaired) electrons. The first-order valence-electron chi connectivity index (χ1n) is 11.4. The van der Waals surface area contributed by atoms with Gasteiger partial charge in [0.05, 0.1) is 37.5 Å². The standard InChI is InChI=1S/C28H22N2O7/c1-34-21-5-3-4-19(27(21)35-2)24-23(25(31)17-8-11-20-22(14-17)37-13-12-36-20)26(32)28(33)30(24)18-9-6-16(15-29)7-10-18/h3-11,14,24,31H,12-13H2,1-2H3/b25-23+. The van der Waals surface area contributed by atoms with Crippen LogP contribution in [0.15, 0.2) is 66.2 Å². The largest absolute Gasteiger partial charge is 0.507 e. The minimum Gasteiger partial charge on any atom is -0.507 e. The lowest BCUT2D eigenvalue weighted by atomic mass is 9.94. The molecule has 0 saturated carbocycles. The molecule has 186 valence electrons. The SMILES string of the molecule is COc1cccc(C2/C(=C(\O)c3ccc4c(c3)OCCO4)C(=O)C(=O)N2c2ccc(C#N)cc2)c1OC. The van der Waals surface area contributed by atoms with Crippen molar-refractivity contribution < 1.29 is 33.6 Å². The third-order valence-electron chi connectivity index (χ3n) is 6.26. The van der Waals surface area contributed by atoms with Gasteiger partial charge in [0, 0.05) is 16.8 Å². The molecule has 2 aliphatic heterocycles. The van der Waals surface area contributed by atoms with Gasteiger partial charge in [0.25, 0.3) is 11.7 Å². The minimum atomic E-state index is -1.05. The topological polar surface area (TPSA) is 118 Å². The van der Waals surface area contributed by atoms with Crippen LogP contribution in [0.5, 0.6) is 23.0 Å². The van der Waals surface area contributed by atoms with Crippen molar-refractivity contribution in [1.29, 1.82) is 5.26 Å². The van der Waals surface area contributed by atoms with E-state index in [1.54, 1.807) is 60.7 Å². The van der Waals surface area contributed by atoms with Crippen molar-refractivity contribution in [2.75, 3.05) is 32.3 Å². The summed E-state index contributed by atoms with van der Waals surface area (Å²) in [6.07, 6.45) is 0. The molecule has 0 aliphatic carbocycles. The number of aliphatic hydroxyl groups excluding tert-OH is 1. The van der Waals surface area contributed by atoms with Crippen LogP contribution in [0.4, 0.5) is 5.69 Å². The Morgan fingerprint density at radius 1 is 1.00 bits per heavy atom. The van der Waals surface area contributed by atoms with Gasteiger partial charge in [-0.15, -0.1) is 0 Å². The molecule has 3 aromatic rings. The monoisotopic (exact) mass is 498 g/mol. The van der Waals surface area contributed by atoms with Crippen molar-refractivity contribution in [3.8, 4) is 29.1 Å². The third-order valence-corrected chi connectivity index (χ3v) is 6.26. The second kappa shape index (κ2) is 9.59. The molecular formula is C28H22N2O7. The van der Waals surface area contributed by atoms with Gasteiger partial charge in [-0.2, -0.15) is 5.26 Å². The number of benzene rings is 3. The molecule has 1 unspecified atom stereocenters. The second-order valence-corrected chi connectivity index (χ2v) is 8.27. The van der Waals surface area contributed by atoms with Crippen LogP contribution in [0.25, 0.3) is 5.76 Å². The summed E-state index contributed by atoms with van der Waals surface area (Å²) in [6, 6.07) is 17.1. The van der Waals surface area contributed by atoms with Crippen LogP contribution in [0.3, 0.4) is 0 Å². The lowest BCUT2D eigenvalue weighted by Gasteiger charge is -2.27. The Kier molecular flexibility index (Phi) is 6.15. The molecule has 2 aliphatic rings. The second-order valence-electron chi connectivity index (χ2n) is 8.27. The molecule has 1 N–H and O–H groups in total. The number of nitriles is 1. The Morgan fingerprint density at radius 3 is 2.41 bits per heavy atom. The van der Waals surface area contributed by atoms with E-state index in [9.17, 15) is 20.0 Å². The van der Waals surface area contributed by atoms with Gasteiger partial charge in [-0.05, 0) is 48.5 Å². The number of Topliss-reactive ketones (excluding diaryl/α,β-unsaturated/α-hetero) is 1. The number of aliphatic hydroxyl groups is 1. The fourth-order valence-electron chi connectivity index (χ4n) is 4.56. The van der Waals surface area contributed by atoms with Gasteiger partial charge in [-0.25, -0.2) is 0 Å². The van der Waals surface area contributed by atoms with Gasteiger partial charge < -0.3 is 24.1 Å². The molecule has 1 amide bonds. The number of para-hydroxylation sites is 1. The van der Waals surface area contributed by atoms with Crippen LogP contribution in [-0.2, 0) is 9.59 Å². The van der Waals surface area contributed by atoms with Crippen molar-refractivity contribution in [3.05, 3.63) is 82.9 Å². The maximum atomic E-state index is 13.5. The normalized spacial score (nSPS) is 17.9. The van der Waals surface area contributed by atoms with Crippen LogP contribution in [0.1, 0.15) is 22.7 Å². The number of carbonyl (C=O) groups excluding carboxylic acids is 2. The Morgan fingerprint density at radius 2 is 1.73 bits per heavy atom. The van der Waals surface area contributed by atoms with Gasteiger partial charge in [-0.1, -0.05) is 12.1 Å². The van der Waals surface area contributed by atoms with E-state index in [0.717, 1.165) is 0 Å². The first-order chi connectivity index (χ1) is 18.0. The maximum absolute atomic E-state index is 13.5. The molecule has 5 rings (SSSR count). The van der Waals surface area contributed by atoms with Crippen LogP contribution in [-0.4, -0.2) is 44.2 Å². The maximum Gasteiger partial charge on any atom is 0.300 e. The van der Waals surface area contributed by atoms with E-state index < -0.39 is 17.7 Å². The number of carbonyl (C=O) groups is 2. The van der Waals surface area contributed by atoms with E-state index in [2.05, 4.69) is 0 Å². The summed E-state index contributed by atoms with van der Waals surface area (Å²) in [5.74, 6) is -0.431. The van der Waals surface area contributed by atoms with Crippen LogP contribution < -0.4 is 23.8 Å². The Balaban J connectivity index is 1.74. The highest BCUT2D eigenvalue weighted by Crippen LogP contribution is 2.47. The number of methoxy groups -OCH3 is 2. The number of amides is 1. The van der Waals surface area contributed by atoms with E-state index in [4.69, 9.17) is 18.9 Å². The molecule has 3 aromatic carbocycles. The number of rotatable bonds is 5. The number of hydrogen-bond donors (Lipinski definition) is 1. The van der Waals surface area contributed by atoms with E-state index in [0.29, 0.717) is 53.0 Å². The van der Waals surface area contributed by atoms with Crippen molar-refractivity contribution >= 4 is 23.1 Å². The molecule has 0 bridgehead atoms. The number of anilines is 1. The molecule has 37 heavy (non-hydrogen) atoms.